The van der Waals surface area contributed by atoms with Crippen molar-refractivity contribution in [2.75, 3.05) is 13.2 Å². The Morgan fingerprint density at radius 3 is 1.48 bits per heavy atom. The molecule has 1 N–H and O–H groups in total. The summed E-state index contributed by atoms with van der Waals surface area (Å²) in [5.41, 5.74) is 7.29. The third-order valence-corrected chi connectivity index (χ3v) is 6.64. The number of hydrogen-bond acceptors (Lipinski definition) is 4. The predicted octanol–water partition coefficient (Wildman–Crippen LogP) is 5.95. The van der Waals surface area contributed by atoms with E-state index in [1.165, 1.54) is 11.1 Å². The normalized spacial score (nSPS) is 18.7. The fourth-order valence-electron chi connectivity index (χ4n) is 5.50. The van der Waals surface area contributed by atoms with Gasteiger partial charge in [-0.3, -0.25) is 0 Å². The van der Waals surface area contributed by atoms with Crippen molar-refractivity contribution in [3.8, 4) is 0 Å². The summed E-state index contributed by atoms with van der Waals surface area (Å²) in [5, 5.41) is 0. The van der Waals surface area contributed by atoms with E-state index in [1.54, 1.807) is 13.8 Å². The van der Waals surface area contributed by atoms with Crippen molar-refractivity contribution in [3.05, 3.63) is 94.3 Å². The van der Waals surface area contributed by atoms with Crippen LogP contribution in [0.15, 0.2) is 60.7 Å². The number of nitrogens with one attached hydrogen (secondary N) is 1. The lowest BCUT2D eigenvalue weighted by Gasteiger charge is -2.41. The Labute approximate surface area is 193 Å². The lowest BCUT2D eigenvalue weighted by atomic mass is 9.61. The number of allylic oxidation sites excluding steroid dienone is 2. The van der Waals surface area contributed by atoms with Gasteiger partial charge in [0, 0.05) is 11.8 Å². The van der Waals surface area contributed by atoms with Crippen molar-refractivity contribution in [2.24, 2.45) is 0 Å². The summed E-state index contributed by atoms with van der Waals surface area (Å²) in [7, 11) is 0. The lowest BCUT2D eigenvalue weighted by Crippen LogP contribution is -2.26. The first-order chi connectivity index (χ1) is 16.2. The quantitative estimate of drug-likeness (QED) is 0.480. The number of carbonyl (C=O) groups is 2. The van der Waals surface area contributed by atoms with Crippen molar-refractivity contribution in [1.29, 1.82) is 0 Å². The maximum absolute atomic E-state index is 13.0. The number of fused-ring (bicyclic) bond motifs is 1. The van der Waals surface area contributed by atoms with Crippen molar-refractivity contribution in [2.45, 2.75) is 38.5 Å². The highest BCUT2D eigenvalue weighted by atomic mass is 16.5. The zero-order valence-corrected chi connectivity index (χ0v) is 18.9. The molecule has 2 aromatic carbocycles. The smallest absolute Gasteiger partial charge is 0.355 e. The van der Waals surface area contributed by atoms with Crippen LogP contribution in [0.1, 0.15) is 81.8 Å². The molecule has 2 atom stereocenters. The number of hydrogen-bond donors (Lipinski definition) is 1. The van der Waals surface area contributed by atoms with Crippen molar-refractivity contribution < 1.29 is 19.1 Å². The molecule has 0 saturated carbocycles. The van der Waals surface area contributed by atoms with E-state index in [0.717, 1.165) is 35.1 Å². The number of carbonyl (C=O) groups excluding carboxylic acids is 2. The highest BCUT2D eigenvalue weighted by Gasteiger charge is 2.46. The fraction of sp³-hybridized carbons (Fsp3) is 0.286. The molecule has 0 spiro atoms. The molecule has 3 aromatic rings. The molecule has 1 heterocycles. The van der Waals surface area contributed by atoms with Crippen LogP contribution >= 0.6 is 0 Å². The second-order valence-corrected chi connectivity index (χ2v) is 8.39. The van der Waals surface area contributed by atoms with Gasteiger partial charge in [-0.2, -0.15) is 0 Å². The van der Waals surface area contributed by atoms with Gasteiger partial charge < -0.3 is 14.5 Å². The molecule has 5 heteroatoms. The largest absolute Gasteiger partial charge is 0.461 e. The number of H-pyrrole nitrogens is 1. The minimum Gasteiger partial charge on any atom is -0.461 e. The third-order valence-electron chi connectivity index (χ3n) is 6.64. The standard InChI is InChI=1S/C28H27NO4/c1-3-32-27(30)25-23-19-15-16-20(24(23)26(29-25)28(31)33-4-2)22(18-13-9-6-10-14-18)21(19)17-11-7-5-8-12-17/h5-14,19-20,29H,3-4,15-16H2,1-2H3. The lowest BCUT2D eigenvalue weighted by molar-refractivity contribution is 0.0515. The van der Waals surface area contributed by atoms with Gasteiger partial charge in [0.1, 0.15) is 11.4 Å². The van der Waals surface area contributed by atoms with E-state index < -0.39 is 11.9 Å². The molecule has 3 aliphatic carbocycles. The number of aromatic nitrogens is 1. The Morgan fingerprint density at radius 2 is 1.12 bits per heavy atom. The Hall–Kier alpha value is -3.60. The Kier molecular flexibility index (Phi) is 5.63. The summed E-state index contributed by atoms with van der Waals surface area (Å²) < 4.78 is 10.7. The van der Waals surface area contributed by atoms with Gasteiger partial charge in [-0.25, -0.2) is 9.59 Å². The molecule has 33 heavy (non-hydrogen) atoms. The molecule has 168 valence electrons. The molecule has 0 fully saturated rings. The zero-order valence-electron chi connectivity index (χ0n) is 18.9. The summed E-state index contributed by atoms with van der Waals surface area (Å²) in [6.07, 6.45) is 1.81. The molecular formula is C28H27NO4. The van der Waals surface area contributed by atoms with Gasteiger partial charge in [-0.05, 0) is 60.1 Å². The molecule has 5 nitrogen and oxygen atoms in total. The van der Waals surface area contributed by atoms with Crippen LogP contribution in [0.5, 0.6) is 0 Å². The maximum Gasteiger partial charge on any atom is 0.355 e. The van der Waals surface area contributed by atoms with Crippen LogP contribution in [0.4, 0.5) is 0 Å². The third kappa shape index (κ3) is 3.48. The average Bonchev–Trinajstić information content (AvgIpc) is 3.28. The first kappa shape index (κ1) is 21.3. The molecule has 0 radical (unpaired) electrons. The highest BCUT2D eigenvalue weighted by Crippen LogP contribution is 2.60. The number of esters is 2. The van der Waals surface area contributed by atoms with E-state index in [0.29, 0.717) is 11.4 Å². The predicted molar refractivity (Wildman–Crippen MR) is 127 cm³/mol. The second-order valence-electron chi connectivity index (χ2n) is 8.39. The molecule has 0 amide bonds. The van der Waals surface area contributed by atoms with Crippen LogP contribution in [0.3, 0.4) is 0 Å². The molecule has 2 unspecified atom stereocenters. The maximum atomic E-state index is 13.0. The molecule has 0 saturated heterocycles. The Morgan fingerprint density at radius 1 is 0.727 bits per heavy atom. The number of rotatable bonds is 6. The molecule has 3 aliphatic rings. The van der Waals surface area contributed by atoms with Crippen molar-refractivity contribution in [1.82, 2.24) is 4.98 Å². The van der Waals surface area contributed by atoms with E-state index in [-0.39, 0.29) is 25.0 Å². The zero-order chi connectivity index (χ0) is 22.9. The molecule has 1 aromatic heterocycles. The Bertz CT molecular complexity index is 1130. The summed E-state index contributed by atoms with van der Waals surface area (Å²) in [5.74, 6) is -0.876. The van der Waals surface area contributed by atoms with Gasteiger partial charge in [-0.1, -0.05) is 60.7 Å². The monoisotopic (exact) mass is 441 g/mol. The van der Waals surface area contributed by atoms with E-state index in [1.807, 2.05) is 36.4 Å². The summed E-state index contributed by atoms with van der Waals surface area (Å²) in [6, 6.07) is 20.7. The minimum absolute atomic E-state index is 0.0126. The second kappa shape index (κ2) is 8.74. The van der Waals surface area contributed by atoms with Gasteiger partial charge in [0.15, 0.2) is 0 Å². The topological polar surface area (TPSA) is 68.4 Å². The van der Waals surface area contributed by atoms with Crippen LogP contribution in [0.25, 0.3) is 11.1 Å². The highest BCUT2D eigenvalue weighted by molar-refractivity contribution is 6.05. The van der Waals surface area contributed by atoms with Gasteiger partial charge in [0.2, 0.25) is 0 Å². The van der Waals surface area contributed by atoms with Crippen LogP contribution in [-0.2, 0) is 9.47 Å². The van der Waals surface area contributed by atoms with E-state index in [4.69, 9.17) is 9.47 Å². The van der Waals surface area contributed by atoms with Gasteiger partial charge in [0.25, 0.3) is 0 Å². The molecule has 0 aliphatic heterocycles. The molecule has 6 rings (SSSR count). The average molecular weight is 442 g/mol. The SMILES string of the molecule is CCOC(=O)c1[nH]c(C(=O)OCC)c2c1C1CCC2C(c2ccccc2)=C1c1ccccc1. The fourth-order valence-corrected chi connectivity index (χ4v) is 5.50. The van der Waals surface area contributed by atoms with Gasteiger partial charge in [0.05, 0.1) is 13.2 Å². The van der Waals surface area contributed by atoms with E-state index in [9.17, 15) is 9.59 Å². The van der Waals surface area contributed by atoms with Gasteiger partial charge >= 0.3 is 11.9 Å². The van der Waals surface area contributed by atoms with Crippen LogP contribution in [0, 0.1) is 0 Å². The van der Waals surface area contributed by atoms with Crippen LogP contribution < -0.4 is 0 Å². The summed E-state index contributed by atoms with van der Waals surface area (Å²) in [4.78, 5) is 29.1. The number of aromatic amines is 1. The van der Waals surface area contributed by atoms with Gasteiger partial charge in [-0.15, -0.1) is 0 Å². The van der Waals surface area contributed by atoms with E-state index in [2.05, 4.69) is 29.2 Å². The first-order valence-corrected chi connectivity index (χ1v) is 11.6. The van der Waals surface area contributed by atoms with E-state index >= 15 is 0 Å². The van der Waals surface area contributed by atoms with Crippen molar-refractivity contribution >= 4 is 23.1 Å². The minimum atomic E-state index is -0.425. The summed E-state index contributed by atoms with van der Waals surface area (Å²) in [6.45, 7) is 4.11. The Balaban J connectivity index is 1.79. The van der Waals surface area contributed by atoms with Crippen LogP contribution in [0.2, 0.25) is 0 Å². The summed E-state index contributed by atoms with van der Waals surface area (Å²) >= 11 is 0. The molecule has 2 bridgehead atoms. The first-order valence-electron chi connectivity index (χ1n) is 11.6. The molecular weight excluding hydrogens is 414 g/mol. The van der Waals surface area contributed by atoms with Crippen LogP contribution in [-0.4, -0.2) is 30.1 Å². The van der Waals surface area contributed by atoms with Crippen molar-refractivity contribution in [3.63, 3.8) is 0 Å². The number of ether oxygens (including phenoxy) is 2. The number of benzene rings is 2.